The number of H-pyrrole nitrogens is 2. The van der Waals surface area contributed by atoms with Crippen LogP contribution in [0.2, 0.25) is 77.1 Å². The molecule has 0 saturated heterocycles. The van der Waals surface area contributed by atoms with Crippen LogP contribution >= 0.6 is 0 Å². The number of aromatic nitrogens is 20. The van der Waals surface area contributed by atoms with Crippen molar-refractivity contribution in [1.29, 1.82) is 21.0 Å². The van der Waals surface area contributed by atoms with Crippen molar-refractivity contribution < 1.29 is 66.9 Å². The molecular weight excluding hydrogens is 1540 g/mol. The molecule has 2 N–H and O–H groups in total. The first kappa shape index (κ1) is 86.3. The van der Waals surface area contributed by atoms with Crippen molar-refractivity contribution in [3.05, 3.63) is 136 Å². The van der Waals surface area contributed by atoms with Crippen LogP contribution in [-0.2, 0) is 34.4 Å². The zero-order chi connectivity index (χ0) is 81.8. The Kier molecular flexibility index (Phi) is 29.0. The zero-order valence-electron chi connectivity index (χ0n) is 62.0. The van der Waals surface area contributed by atoms with E-state index in [1.165, 1.54) is 74.3 Å². The number of aromatic amines is 2. The highest BCUT2D eigenvalue weighted by Crippen LogP contribution is 2.38. The molecule has 592 valence electrons. The van der Waals surface area contributed by atoms with Crippen LogP contribution in [0.1, 0.15) is 37.4 Å². The molecule has 0 aliphatic carbocycles. The molecule has 0 spiro atoms. The van der Waals surface area contributed by atoms with Gasteiger partial charge >= 0.3 is 24.7 Å². The molecule has 3 atom stereocenters. The molecule has 0 radical (unpaired) electrons. The fourth-order valence-corrected chi connectivity index (χ4v) is 12.8. The lowest BCUT2D eigenvalue weighted by molar-refractivity contribution is -0.169. The maximum Gasteiger partial charge on any atom is 0.411 e. The summed E-state index contributed by atoms with van der Waals surface area (Å²) in [5.74, 6) is 0. The quantitative estimate of drug-likeness (QED) is 0.0232. The number of alkyl halides is 12. The highest BCUT2D eigenvalue weighted by Gasteiger charge is 2.44. The molecule has 0 fully saturated rings. The van der Waals surface area contributed by atoms with Crippen LogP contribution in [0.4, 0.5) is 52.7 Å². The van der Waals surface area contributed by atoms with Gasteiger partial charge < -0.3 is 32.9 Å². The second-order valence-electron chi connectivity index (χ2n) is 28.6. The van der Waals surface area contributed by atoms with Crippen molar-refractivity contribution in [2.75, 3.05) is 19.8 Å². The number of hydrogen-bond acceptors (Lipinski definition) is 19. The number of nitrogens with one attached hydrogen (secondary N) is 2. The SMILES string of the molecule is C[Si](C)(C)CCOCn1ccc2c(-c3cn[nH]c3)ncnc21.C[Si](C)(C)CCOCn1ccc2c(-c3cnn(C(CC#N)C(F)(F)F)c3)ncnc21.C[Si](C)(C)CCOCn1ccc2c(-c3cnn([C@H](CC#N)C(F)(F)F)c3)ncnc21.N#C/C=C/C(F)(F)F.N#CC[C@@H](n1cc(-c2ncnc3[nH]ccc23)cn1)C(F)(F)F. The molecule has 1 unspecified atom stereocenters. The van der Waals surface area contributed by atoms with Crippen LogP contribution in [0.3, 0.4) is 0 Å². The van der Waals surface area contributed by atoms with E-state index in [-0.39, 0.29) is 6.08 Å². The molecular formula is C70H78F12N24O3Si3. The number of nitrogens with zero attached hydrogens (tertiary/aromatic N) is 22. The summed E-state index contributed by atoms with van der Waals surface area (Å²) in [6, 6.07) is 10.6. The molecule has 12 rings (SSSR count). The summed E-state index contributed by atoms with van der Waals surface area (Å²) >= 11 is 0. The van der Waals surface area contributed by atoms with Crippen molar-refractivity contribution in [3.63, 3.8) is 0 Å². The van der Waals surface area contributed by atoms with E-state index in [9.17, 15) is 52.7 Å². The maximum absolute atomic E-state index is 13.2. The minimum Gasteiger partial charge on any atom is -0.361 e. The summed E-state index contributed by atoms with van der Waals surface area (Å²) in [7, 11) is -3.41. The number of ether oxygens (including phenoxy) is 3. The van der Waals surface area contributed by atoms with E-state index in [1.807, 2.05) is 44.6 Å². The Morgan fingerprint density at radius 3 is 1.08 bits per heavy atom. The van der Waals surface area contributed by atoms with E-state index < -0.39 is 86.3 Å². The zero-order valence-corrected chi connectivity index (χ0v) is 65.0. The molecule has 12 aromatic heterocycles. The number of halogens is 12. The molecule has 112 heavy (non-hydrogen) atoms. The summed E-state index contributed by atoms with van der Waals surface area (Å²) in [5.41, 5.74) is 7.30. The van der Waals surface area contributed by atoms with Gasteiger partial charge in [0.1, 0.15) is 68.1 Å². The Bertz CT molecular complexity index is 5050. The molecule has 27 nitrogen and oxygen atoms in total. The van der Waals surface area contributed by atoms with Crippen LogP contribution < -0.4 is 0 Å². The smallest absolute Gasteiger partial charge is 0.361 e. The predicted octanol–water partition coefficient (Wildman–Crippen LogP) is 16.8. The first-order chi connectivity index (χ1) is 52.8. The third kappa shape index (κ3) is 24.6. The third-order valence-corrected chi connectivity index (χ3v) is 21.5. The predicted molar refractivity (Wildman–Crippen MR) is 397 cm³/mol. The van der Waals surface area contributed by atoms with Gasteiger partial charge in [-0.3, -0.25) is 19.1 Å². The summed E-state index contributed by atoms with van der Waals surface area (Å²) in [6.07, 6.45) is 4.34. The number of hydrogen-bond donors (Lipinski definition) is 2. The summed E-state index contributed by atoms with van der Waals surface area (Å²) < 4.78 is 177. The van der Waals surface area contributed by atoms with Gasteiger partial charge in [0.15, 0.2) is 18.1 Å². The van der Waals surface area contributed by atoms with Gasteiger partial charge in [0, 0.05) is 150 Å². The second-order valence-corrected chi connectivity index (χ2v) is 45.5. The lowest BCUT2D eigenvalue weighted by Gasteiger charge is -2.17. The minimum atomic E-state index is -4.57. The Morgan fingerprint density at radius 1 is 0.446 bits per heavy atom. The Labute approximate surface area is 636 Å². The van der Waals surface area contributed by atoms with Gasteiger partial charge in [-0.15, -0.1) is 0 Å². The lowest BCUT2D eigenvalue weighted by atomic mass is 10.2. The van der Waals surface area contributed by atoms with Crippen molar-refractivity contribution in [1.82, 2.24) is 98.1 Å². The van der Waals surface area contributed by atoms with Crippen LogP contribution in [0.25, 0.3) is 89.2 Å². The van der Waals surface area contributed by atoms with Crippen LogP contribution in [0, 0.1) is 45.3 Å². The number of fused-ring (bicyclic) bond motifs is 4. The topological polar surface area (TPSA) is 339 Å². The fourth-order valence-electron chi connectivity index (χ4n) is 10.5. The van der Waals surface area contributed by atoms with Crippen molar-refractivity contribution in [2.45, 2.75) is 159 Å². The molecule has 0 aliphatic rings. The van der Waals surface area contributed by atoms with Gasteiger partial charge in [-0.2, -0.15) is 94.1 Å². The number of rotatable bonds is 25. The van der Waals surface area contributed by atoms with Gasteiger partial charge in [0.25, 0.3) is 0 Å². The average Bonchev–Trinajstić information content (AvgIpc) is 1.64. The molecule has 0 saturated carbocycles. The van der Waals surface area contributed by atoms with Crippen LogP contribution in [0.15, 0.2) is 136 Å². The van der Waals surface area contributed by atoms with Gasteiger partial charge in [0.2, 0.25) is 0 Å². The molecule has 0 aromatic carbocycles. The largest absolute Gasteiger partial charge is 0.411 e. The highest BCUT2D eigenvalue weighted by molar-refractivity contribution is 6.76. The fraction of sp³-hybridized carbons (Fsp3) is 0.400. The maximum atomic E-state index is 13.2. The summed E-state index contributed by atoms with van der Waals surface area (Å²) in [6.45, 7) is 24.1. The van der Waals surface area contributed by atoms with Crippen LogP contribution in [-0.4, -0.2) is 167 Å². The molecule has 0 aliphatic heterocycles. The number of nitriles is 4. The van der Waals surface area contributed by atoms with Crippen molar-refractivity contribution in [3.8, 4) is 69.3 Å². The van der Waals surface area contributed by atoms with Crippen molar-refractivity contribution in [2.24, 2.45) is 0 Å². The molecule has 42 heteroatoms. The number of allylic oxidation sites excluding steroid dienone is 2. The highest BCUT2D eigenvalue weighted by atomic mass is 28.3. The molecule has 0 bridgehead atoms. The van der Waals surface area contributed by atoms with Gasteiger partial charge in [-0.25, -0.2) is 39.9 Å². The molecule has 12 heterocycles. The van der Waals surface area contributed by atoms with E-state index in [0.717, 1.165) is 55.0 Å². The monoisotopic (exact) mass is 1610 g/mol. The van der Waals surface area contributed by atoms with Gasteiger partial charge in [-0.05, 0) is 42.4 Å². The second kappa shape index (κ2) is 37.6. The Morgan fingerprint density at radius 2 is 0.786 bits per heavy atom. The lowest BCUT2D eigenvalue weighted by Crippen LogP contribution is -2.26. The third-order valence-electron chi connectivity index (χ3n) is 16.4. The van der Waals surface area contributed by atoms with E-state index in [0.29, 0.717) is 106 Å². The molecule has 12 aromatic rings. The van der Waals surface area contributed by atoms with E-state index >= 15 is 0 Å². The first-order valence-corrected chi connectivity index (χ1v) is 45.4. The van der Waals surface area contributed by atoms with E-state index in [4.69, 9.17) is 35.3 Å². The van der Waals surface area contributed by atoms with E-state index in [2.05, 4.69) is 129 Å². The van der Waals surface area contributed by atoms with Crippen LogP contribution in [0.5, 0.6) is 0 Å². The normalized spacial score (nSPS) is 13.0. The summed E-state index contributed by atoms with van der Waals surface area (Å²) in [5, 5.41) is 54.9. The van der Waals surface area contributed by atoms with Crippen molar-refractivity contribution >= 4 is 68.4 Å². The molecule has 0 amide bonds. The Balaban J connectivity index is 0.000000183. The summed E-state index contributed by atoms with van der Waals surface area (Å²) in [4.78, 5) is 36.9. The average molecular weight is 1620 g/mol. The first-order valence-electron chi connectivity index (χ1n) is 34.3. The Hall–Kier alpha value is -11.3. The van der Waals surface area contributed by atoms with Gasteiger partial charge in [-0.1, -0.05) is 58.9 Å². The standard InChI is InChI=1S/2C19H23F3N6OSi.C15H21N5OSi.C13H9F3N6.C4H2F3N/c2*1-30(2,3)9-8-29-13-27-7-5-15-17(24-12-25-18(15)27)14-10-26-28(11-14)16(4-6-23)19(20,21)22;1-22(2,3)7-6-21-11-20-5-4-13-14(12-8-18-19-9-12)16-10-17-15(13)20;14-13(15,16)10(1-3-17)22-6-8(5-21-22)11-9-2-4-18-12(9)20-7-19-11;5-4(6,7)2-1-3-8/h2*5,7,10-12,16H,4,8-9,13H2,1-3H3;4-5,8-10H,6-7,11H2,1-3H3,(H,18,19);2,4-7,10H,1H2,(H,18,19,20);1-2H/b;;;;2-1+/t16-;;;10-;/m1..1./s1. The van der Waals surface area contributed by atoms with Gasteiger partial charge in [0.05, 0.1) is 91.1 Å². The minimum absolute atomic E-state index is 0.118. The van der Waals surface area contributed by atoms with E-state index in [1.54, 1.807) is 49.1 Å².